The average molecular weight is 313 g/mol. The minimum Gasteiger partial charge on any atom is -0.325 e. The molecule has 0 aliphatic heterocycles. The SMILES string of the molecule is CSC1(Cn2c(C(C)Cl)nc3c(F)cccc32)CCC1. The van der Waals surface area contributed by atoms with Crippen LogP contribution in [0.1, 0.15) is 37.4 Å². The molecule has 1 aliphatic carbocycles. The topological polar surface area (TPSA) is 17.8 Å². The number of halogens is 2. The Labute approximate surface area is 127 Å². The zero-order valence-electron chi connectivity index (χ0n) is 11.7. The lowest BCUT2D eigenvalue weighted by molar-refractivity contribution is 0.321. The lowest BCUT2D eigenvalue weighted by Crippen LogP contribution is -2.38. The highest BCUT2D eigenvalue weighted by Gasteiger charge is 2.37. The number of alkyl halides is 1. The Morgan fingerprint density at radius 2 is 2.25 bits per heavy atom. The van der Waals surface area contributed by atoms with Gasteiger partial charge in [0.25, 0.3) is 0 Å². The van der Waals surface area contributed by atoms with Gasteiger partial charge in [-0.05, 0) is 38.2 Å². The highest BCUT2D eigenvalue weighted by molar-refractivity contribution is 8.00. The molecule has 1 heterocycles. The number of hydrogen-bond donors (Lipinski definition) is 0. The molecule has 1 aromatic heterocycles. The molecule has 1 fully saturated rings. The van der Waals surface area contributed by atoms with Crippen LogP contribution in [-0.2, 0) is 6.54 Å². The van der Waals surface area contributed by atoms with E-state index in [-0.39, 0.29) is 15.9 Å². The molecule has 5 heteroatoms. The minimum absolute atomic E-state index is 0.221. The molecule has 2 aromatic rings. The van der Waals surface area contributed by atoms with Gasteiger partial charge >= 0.3 is 0 Å². The van der Waals surface area contributed by atoms with E-state index in [1.807, 2.05) is 24.8 Å². The molecule has 1 saturated carbocycles. The number of imidazole rings is 1. The highest BCUT2D eigenvalue weighted by atomic mass is 35.5. The van der Waals surface area contributed by atoms with Gasteiger partial charge in [0.1, 0.15) is 11.3 Å². The lowest BCUT2D eigenvalue weighted by atomic mass is 9.84. The van der Waals surface area contributed by atoms with Crippen LogP contribution in [0.2, 0.25) is 0 Å². The summed E-state index contributed by atoms with van der Waals surface area (Å²) in [6, 6.07) is 5.13. The van der Waals surface area contributed by atoms with Crippen molar-refractivity contribution >= 4 is 34.4 Å². The Morgan fingerprint density at radius 3 is 2.80 bits per heavy atom. The summed E-state index contributed by atoms with van der Waals surface area (Å²) in [6.45, 7) is 2.75. The van der Waals surface area contributed by atoms with E-state index in [1.54, 1.807) is 6.07 Å². The van der Waals surface area contributed by atoms with Gasteiger partial charge in [-0.1, -0.05) is 12.5 Å². The average Bonchev–Trinajstić information content (AvgIpc) is 2.74. The van der Waals surface area contributed by atoms with Gasteiger partial charge in [0.15, 0.2) is 5.82 Å². The van der Waals surface area contributed by atoms with Gasteiger partial charge in [0, 0.05) is 11.3 Å². The summed E-state index contributed by atoms with van der Waals surface area (Å²) in [5.41, 5.74) is 1.29. The molecule has 1 aromatic carbocycles. The second-order valence-electron chi connectivity index (χ2n) is 5.52. The summed E-state index contributed by atoms with van der Waals surface area (Å²) in [7, 11) is 0. The standard InChI is InChI=1S/C15H18ClFN2S/c1-10(16)14-18-13-11(17)5-3-6-12(13)19(14)9-15(20-2)7-4-8-15/h3,5-6,10H,4,7-9H2,1-2H3. The first-order chi connectivity index (χ1) is 9.56. The summed E-state index contributed by atoms with van der Waals surface area (Å²) in [5.74, 6) is 0.499. The van der Waals surface area contributed by atoms with E-state index in [1.165, 1.54) is 25.3 Å². The fraction of sp³-hybridized carbons (Fsp3) is 0.533. The molecule has 3 rings (SSSR count). The van der Waals surface area contributed by atoms with E-state index < -0.39 is 0 Å². The fourth-order valence-corrected chi connectivity index (χ4v) is 4.01. The molecule has 1 unspecified atom stereocenters. The summed E-state index contributed by atoms with van der Waals surface area (Å²) in [5, 5.41) is -0.221. The summed E-state index contributed by atoms with van der Waals surface area (Å²) >= 11 is 8.16. The van der Waals surface area contributed by atoms with Crippen molar-refractivity contribution in [2.24, 2.45) is 0 Å². The van der Waals surface area contributed by atoms with Crippen molar-refractivity contribution < 1.29 is 4.39 Å². The van der Waals surface area contributed by atoms with E-state index in [0.29, 0.717) is 5.52 Å². The van der Waals surface area contributed by atoms with Crippen molar-refractivity contribution in [2.75, 3.05) is 6.26 Å². The summed E-state index contributed by atoms with van der Waals surface area (Å²) in [6.07, 6.45) is 5.84. The third-order valence-electron chi connectivity index (χ3n) is 4.26. The van der Waals surface area contributed by atoms with Crippen LogP contribution in [0.3, 0.4) is 0 Å². The van der Waals surface area contributed by atoms with Crippen LogP contribution in [0.15, 0.2) is 18.2 Å². The van der Waals surface area contributed by atoms with E-state index in [2.05, 4.69) is 15.8 Å². The van der Waals surface area contributed by atoms with Crippen LogP contribution in [0.4, 0.5) is 4.39 Å². The normalized spacial score (nSPS) is 19.0. The first kappa shape index (κ1) is 14.2. The van der Waals surface area contributed by atoms with Crippen LogP contribution in [-0.4, -0.2) is 20.6 Å². The first-order valence-corrected chi connectivity index (χ1v) is 8.56. The van der Waals surface area contributed by atoms with E-state index in [4.69, 9.17) is 11.6 Å². The van der Waals surface area contributed by atoms with Gasteiger partial charge in [0.05, 0.1) is 10.9 Å². The molecular formula is C15H18ClFN2S. The van der Waals surface area contributed by atoms with Crippen LogP contribution in [0.25, 0.3) is 11.0 Å². The maximum absolute atomic E-state index is 13.9. The number of hydrogen-bond acceptors (Lipinski definition) is 2. The van der Waals surface area contributed by atoms with Crippen LogP contribution in [0, 0.1) is 5.82 Å². The van der Waals surface area contributed by atoms with Crippen molar-refractivity contribution in [1.29, 1.82) is 0 Å². The van der Waals surface area contributed by atoms with Gasteiger partial charge in [-0.15, -0.1) is 11.6 Å². The molecule has 1 aliphatic rings. The molecule has 20 heavy (non-hydrogen) atoms. The summed E-state index contributed by atoms with van der Waals surface area (Å²) in [4.78, 5) is 4.44. The molecule has 0 radical (unpaired) electrons. The van der Waals surface area contributed by atoms with Crippen molar-refractivity contribution in [1.82, 2.24) is 9.55 Å². The molecule has 0 bridgehead atoms. The second kappa shape index (κ2) is 5.23. The molecule has 0 amide bonds. The molecule has 108 valence electrons. The molecular weight excluding hydrogens is 295 g/mol. The first-order valence-electron chi connectivity index (χ1n) is 6.90. The number of benzene rings is 1. The largest absolute Gasteiger partial charge is 0.325 e. The highest BCUT2D eigenvalue weighted by Crippen LogP contribution is 2.45. The number of fused-ring (bicyclic) bond motifs is 1. The van der Waals surface area contributed by atoms with Gasteiger partial charge in [0.2, 0.25) is 0 Å². The number of aromatic nitrogens is 2. The Balaban J connectivity index is 2.12. The zero-order chi connectivity index (χ0) is 14.3. The Bertz CT molecular complexity index is 629. The van der Waals surface area contributed by atoms with E-state index in [0.717, 1.165) is 17.9 Å². The van der Waals surface area contributed by atoms with Crippen LogP contribution >= 0.6 is 23.4 Å². The van der Waals surface area contributed by atoms with Crippen molar-refractivity contribution in [3.05, 3.63) is 29.8 Å². The fourth-order valence-electron chi connectivity index (χ4n) is 2.89. The van der Waals surface area contributed by atoms with Gasteiger partial charge in [-0.2, -0.15) is 11.8 Å². The Hall–Kier alpha value is -0.740. The predicted molar refractivity (Wildman–Crippen MR) is 84.1 cm³/mol. The molecule has 1 atom stereocenters. The van der Waals surface area contributed by atoms with Crippen molar-refractivity contribution in [2.45, 2.75) is 42.9 Å². The monoisotopic (exact) mass is 312 g/mol. The molecule has 0 saturated heterocycles. The molecule has 0 spiro atoms. The summed E-state index contributed by atoms with van der Waals surface area (Å²) < 4.78 is 16.3. The smallest absolute Gasteiger partial charge is 0.151 e. The number of para-hydroxylation sites is 1. The third-order valence-corrected chi connectivity index (χ3v) is 5.86. The number of nitrogens with zero attached hydrogens (tertiary/aromatic N) is 2. The van der Waals surface area contributed by atoms with Gasteiger partial charge in [-0.25, -0.2) is 9.37 Å². The van der Waals surface area contributed by atoms with Crippen molar-refractivity contribution in [3.63, 3.8) is 0 Å². The Kier molecular flexibility index (Phi) is 3.71. The van der Waals surface area contributed by atoms with E-state index in [9.17, 15) is 4.39 Å². The maximum atomic E-state index is 13.9. The zero-order valence-corrected chi connectivity index (χ0v) is 13.3. The van der Waals surface area contributed by atoms with Gasteiger partial charge in [-0.3, -0.25) is 0 Å². The third kappa shape index (κ3) is 2.23. The minimum atomic E-state index is -0.272. The van der Waals surface area contributed by atoms with Crippen LogP contribution < -0.4 is 0 Å². The van der Waals surface area contributed by atoms with Crippen molar-refractivity contribution in [3.8, 4) is 0 Å². The number of rotatable bonds is 4. The second-order valence-corrected chi connectivity index (χ2v) is 7.45. The quantitative estimate of drug-likeness (QED) is 0.757. The maximum Gasteiger partial charge on any atom is 0.151 e. The van der Waals surface area contributed by atoms with Crippen LogP contribution in [0.5, 0.6) is 0 Å². The van der Waals surface area contributed by atoms with E-state index >= 15 is 0 Å². The lowest BCUT2D eigenvalue weighted by Gasteiger charge is -2.41. The molecule has 0 N–H and O–H groups in total. The Morgan fingerprint density at radius 1 is 1.50 bits per heavy atom. The predicted octanol–water partition coefficient (Wildman–Crippen LogP) is 4.76. The van der Waals surface area contributed by atoms with Gasteiger partial charge < -0.3 is 4.57 Å². The number of thioether (sulfide) groups is 1. The molecule has 2 nitrogen and oxygen atoms in total.